The van der Waals surface area contributed by atoms with Crippen LogP contribution in [0.3, 0.4) is 0 Å². The molecule has 0 aliphatic carbocycles. The molecule has 1 aromatic carbocycles. The Balaban J connectivity index is 2.82. The fraction of sp³-hybridized carbons (Fsp3) is 0.111. The van der Waals surface area contributed by atoms with E-state index in [1.165, 1.54) is 11.3 Å². The lowest BCUT2D eigenvalue weighted by Gasteiger charge is -1.90. The maximum absolute atomic E-state index is 10.4. The maximum Gasteiger partial charge on any atom is 0.178 e. The van der Waals surface area contributed by atoms with Crippen LogP contribution in [-0.2, 0) is 0 Å². The van der Waals surface area contributed by atoms with Crippen LogP contribution >= 0.6 is 11.3 Å². The van der Waals surface area contributed by atoms with Crippen molar-refractivity contribution in [1.82, 2.24) is 4.98 Å². The maximum atomic E-state index is 10.4. The molecule has 0 bridgehead atoms. The van der Waals surface area contributed by atoms with E-state index < -0.39 is 0 Å². The number of carbonyl (C=O) groups excluding carboxylic acids is 1. The summed E-state index contributed by atoms with van der Waals surface area (Å²) in [7, 11) is 0. The highest BCUT2D eigenvalue weighted by molar-refractivity contribution is 7.20. The van der Waals surface area contributed by atoms with Gasteiger partial charge in [-0.3, -0.25) is 4.79 Å². The zero-order chi connectivity index (χ0) is 8.55. The van der Waals surface area contributed by atoms with Crippen LogP contribution in [0.2, 0.25) is 0 Å². The quantitative estimate of drug-likeness (QED) is 0.626. The average Bonchev–Trinajstić information content (AvgIpc) is 2.49. The predicted octanol–water partition coefficient (Wildman–Crippen LogP) is 2.42. The number of hydrogen-bond donors (Lipinski definition) is 0. The van der Waals surface area contributed by atoms with Crippen molar-refractivity contribution in [3.8, 4) is 0 Å². The summed E-state index contributed by atoms with van der Waals surface area (Å²) in [5.41, 5.74) is 2.07. The van der Waals surface area contributed by atoms with Crippen LogP contribution in [0.25, 0.3) is 10.2 Å². The van der Waals surface area contributed by atoms with Gasteiger partial charge in [-0.05, 0) is 18.6 Å². The van der Waals surface area contributed by atoms with Crippen molar-refractivity contribution in [2.75, 3.05) is 0 Å². The fourth-order valence-electron chi connectivity index (χ4n) is 1.15. The summed E-state index contributed by atoms with van der Waals surface area (Å²) in [6.45, 7) is 2.00. The Morgan fingerprint density at radius 3 is 3.00 bits per heavy atom. The van der Waals surface area contributed by atoms with Gasteiger partial charge >= 0.3 is 0 Å². The molecule has 0 N–H and O–H groups in total. The van der Waals surface area contributed by atoms with Gasteiger partial charge in [-0.2, -0.15) is 0 Å². The Morgan fingerprint density at radius 2 is 2.33 bits per heavy atom. The standard InChI is InChI=1S/C9H7NOS/c1-6-3-2-4-7-9(6)10-8(5-11)12-7/h2-5H,1H3. The van der Waals surface area contributed by atoms with Crippen molar-refractivity contribution >= 4 is 27.8 Å². The van der Waals surface area contributed by atoms with Crippen molar-refractivity contribution in [1.29, 1.82) is 0 Å². The second kappa shape index (κ2) is 2.68. The summed E-state index contributed by atoms with van der Waals surface area (Å²) in [5, 5.41) is 0.555. The Bertz CT molecular complexity index is 433. The Morgan fingerprint density at radius 1 is 1.50 bits per heavy atom. The molecule has 0 saturated carbocycles. The largest absolute Gasteiger partial charge is 0.295 e. The minimum absolute atomic E-state index is 0.555. The minimum atomic E-state index is 0.555. The summed E-state index contributed by atoms with van der Waals surface area (Å²) in [5.74, 6) is 0. The molecule has 2 rings (SSSR count). The number of aromatic nitrogens is 1. The molecule has 0 atom stereocenters. The third-order valence-corrected chi connectivity index (χ3v) is 2.68. The van der Waals surface area contributed by atoms with Crippen LogP contribution in [0, 0.1) is 6.92 Å². The summed E-state index contributed by atoms with van der Waals surface area (Å²) in [6.07, 6.45) is 0.796. The van der Waals surface area contributed by atoms with Crippen molar-refractivity contribution in [3.63, 3.8) is 0 Å². The molecule has 0 aliphatic heterocycles. The highest BCUT2D eigenvalue weighted by Gasteiger charge is 2.03. The molecule has 0 saturated heterocycles. The first-order valence-corrected chi connectivity index (χ1v) is 4.44. The van der Waals surface area contributed by atoms with Gasteiger partial charge in [0.05, 0.1) is 10.2 Å². The number of benzene rings is 1. The van der Waals surface area contributed by atoms with Crippen LogP contribution in [0.15, 0.2) is 18.2 Å². The SMILES string of the molecule is Cc1cccc2sc(C=O)nc12. The molecule has 60 valence electrons. The topological polar surface area (TPSA) is 30.0 Å². The van der Waals surface area contributed by atoms with E-state index >= 15 is 0 Å². The average molecular weight is 177 g/mol. The normalized spacial score (nSPS) is 10.4. The van der Waals surface area contributed by atoms with Gasteiger partial charge in [-0.25, -0.2) is 4.98 Å². The smallest absolute Gasteiger partial charge is 0.178 e. The van der Waals surface area contributed by atoms with Crippen LogP contribution < -0.4 is 0 Å². The Labute approximate surface area is 73.9 Å². The molecule has 3 heteroatoms. The predicted molar refractivity (Wildman–Crippen MR) is 49.7 cm³/mol. The van der Waals surface area contributed by atoms with Gasteiger partial charge in [0.2, 0.25) is 0 Å². The number of hydrogen-bond acceptors (Lipinski definition) is 3. The molecular formula is C9H7NOS. The lowest BCUT2D eigenvalue weighted by atomic mass is 10.2. The van der Waals surface area contributed by atoms with Gasteiger partial charge in [-0.1, -0.05) is 12.1 Å². The first-order chi connectivity index (χ1) is 5.81. The van der Waals surface area contributed by atoms with Crippen LogP contribution in [-0.4, -0.2) is 11.3 Å². The molecule has 2 nitrogen and oxygen atoms in total. The fourth-order valence-corrected chi connectivity index (χ4v) is 2.01. The highest BCUT2D eigenvalue weighted by atomic mass is 32.1. The second-order valence-electron chi connectivity index (χ2n) is 2.59. The third kappa shape index (κ3) is 1.02. The summed E-state index contributed by atoms with van der Waals surface area (Å²) in [6, 6.07) is 5.95. The van der Waals surface area contributed by atoms with Crippen molar-refractivity contribution < 1.29 is 4.79 Å². The van der Waals surface area contributed by atoms with Gasteiger partial charge in [0.15, 0.2) is 11.3 Å². The van der Waals surface area contributed by atoms with Gasteiger partial charge in [-0.15, -0.1) is 11.3 Å². The molecule has 12 heavy (non-hydrogen) atoms. The van der Waals surface area contributed by atoms with E-state index in [4.69, 9.17) is 0 Å². The molecule has 0 amide bonds. The number of aldehydes is 1. The number of fused-ring (bicyclic) bond motifs is 1. The number of rotatable bonds is 1. The molecule has 0 aliphatic rings. The van der Waals surface area contributed by atoms with Gasteiger partial charge < -0.3 is 0 Å². The Kier molecular flexibility index (Phi) is 1.66. The van der Waals surface area contributed by atoms with Crippen LogP contribution in [0.4, 0.5) is 0 Å². The van der Waals surface area contributed by atoms with Crippen molar-refractivity contribution in [2.24, 2.45) is 0 Å². The molecule has 1 heterocycles. The van der Waals surface area contributed by atoms with Crippen molar-refractivity contribution in [3.05, 3.63) is 28.8 Å². The molecule has 0 fully saturated rings. The second-order valence-corrected chi connectivity index (χ2v) is 3.65. The molecule has 0 radical (unpaired) electrons. The van der Waals surface area contributed by atoms with Crippen molar-refractivity contribution in [2.45, 2.75) is 6.92 Å². The van der Waals surface area contributed by atoms with E-state index in [-0.39, 0.29) is 0 Å². The van der Waals surface area contributed by atoms with Gasteiger partial charge in [0.1, 0.15) is 0 Å². The first kappa shape index (κ1) is 7.43. The molecular weight excluding hydrogens is 170 g/mol. The monoisotopic (exact) mass is 177 g/mol. The number of thiazole rings is 1. The summed E-state index contributed by atoms with van der Waals surface area (Å²) < 4.78 is 1.08. The molecule has 2 aromatic rings. The third-order valence-electron chi connectivity index (χ3n) is 1.74. The first-order valence-electron chi connectivity index (χ1n) is 3.62. The zero-order valence-corrected chi connectivity index (χ0v) is 7.39. The molecule has 0 spiro atoms. The van der Waals surface area contributed by atoms with Gasteiger partial charge in [0.25, 0.3) is 0 Å². The zero-order valence-electron chi connectivity index (χ0n) is 6.57. The van der Waals surface area contributed by atoms with E-state index in [1.807, 2.05) is 25.1 Å². The van der Waals surface area contributed by atoms with E-state index in [0.717, 1.165) is 22.1 Å². The van der Waals surface area contributed by atoms with E-state index in [1.54, 1.807) is 0 Å². The van der Waals surface area contributed by atoms with E-state index in [9.17, 15) is 4.79 Å². The van der Waals surface area contributed by atoms with E-state index in [2.05, 4.69) is 4.98 Å². The lowest BCUT2D eigenvalue weighted by molar-refractivity contribution is 0.112. The van der Waals surface area contributed by atoms with Crippen LogP contribution in [0.5, 0.6) is 0 Å². The number of para-hydroxylation sites is 1. The summed E-state index contributed by atoms with van der Waals surface area (Å²) in [4.78, 5) is 14.6. The number of carbonyl (C=O) groups is 1. The van der Waals surface area contributed by atoms with Crippen LogP contribution in [0.1, 0.15) is 15.4 Å². The minimum Gasteiger partial charge on any atom is -0.295 e. The van der Waals surface area contributed by atoms with Gasteiger partial charge in [0, 0.05) is 0 Å². The summed E-state index contributed by atoms with van der Waals surface area (Å²) >= 11 is 1.43. The number of aryl methyl sites for hydroxylation is 1. The molecule has 0 unspecified atom stereocenters. The van der Waals surface area contributed by atoms with E-state index in [0.29, 0.717) is 5.01 Å². The highest BCUT2D eigenvalue weighted by Crippen LogP contribution is 2.23. The number of nitrogens with zero attached hydrogens (tertiary/aromatic N) is 1. The Hall–Kier alpha value is -1.22. The lowest BCUT2D eigenvalue weighted by Crippen LogP contribution is -1.77. The molecule has 1 aromatic heterocycles.